The zero-order chi connectivity index (χ0) is 22.3. The van der Waals surface area contributed by atoms with Gasteiger partial charge >= 0.3 is 11.9 Å². The number of thioether (sulfide) groups is 1. The summed E-state index contributed by atoms with van der Waals surface area (Å²) in [6.07, 6.45) is -2.71. The summed E-state index contributed by atoms with van der Waals surface area (Å²) < 4.78 is 21.9. The number of halogens is 1. The second-order valence-corrected chi connectivity index (χ2v) is 7.77. The number of nitriles is 1. The molecule has 1 aromatic carbocycles. The molecule has 0 bridgehead atoms. The van der Waals surface area contributed by atoms with E-state index in [4.69, 9.17) is 41.3 Å². The fraction of sp³-hybridized carbons (Fsp3) is 0.500. The molecule has 1 aromatic rings. The van der Waals surface area contributed by atoms with E-state index in [2.05, 4.69) is 10.0 Å². The van der Waals surface area contributed by atoms with Crippen LogP contribution >= 0.6 is 23.4 Å². The van der Waals surface area contributed by atoms with E-state index in [1.54, 1.807) is 18.2 Å². The third kappa shape index (κ3) is 6.01. The molecule has 0 radical (unpaired) electrons. The van der Waals surface area contributed by atoms with E-state index in [9.17, 15) is 9.59 Å². The quantitative estimate of drug-likeness (QED) is 0.264. The van der Waals surface area contributed by atoms with Crippen molar-refractivity contribution < 1.29 is 28.5 Å². The standard InChI is InChI=1S/C18H19ClN4O6S/c1-9(24)27-8-14-16(28-10(2)25)15(22-23-21)17(26-3)18(29-14)30-12-5-4-11(7-20)13(19)6-12/h4-6,14-18H,8H2,1-3H3/t14-,15+,16+,17-,18-/m1/s1. The lowest BCUT2D eigenvalue weighted by Gasteiger charge is -2.43. The molecule has 0 N–H and O–H groups in total. The monoisotopic (exact) mass is 454 g/mol. The molecule has 0 saturated carbocycles. The Balaban J connectivity index is 2.37. The van der Waals surface area contributed by atoms with Crippen LogP contribution in [0, 0.1) is 11.3 Å². The molecule has 160 valence electrons. The summed E-state index contributed by atoms with van der Waals surface area (Å²) in [4.78, 5) is 26.4. The van der Waals surface area contributed by atoms with Gasteiger partial charge in [0.1, 0.15) is 42.5 Å². The first-order chi connectivity index (χ1) is 14.3. The van der Waals surface area contributed by atoms with Crippen LogP contribution in [0.4, 0.5) is 0 Å². The molecular formula is C18H19ClN4O6S. The van der Waals surface area contributed by atoms with Crippen LogP contribution in [0.3, 0.4) is 0 Å². The number of rotatable bonds is 7. The van der Waals surface area contributed by atoms with Gasteiger partial charge in [-0.3, -0.25) is 9.59 Å². The first-order valence-electron chi connectivity index (χ1n) is 8.70. The van der Waals surface area contributed by atoms with Crippen LogP contribution in [-0.4, -0.2) is 55.4 Å². The molecule has 1 aliphatic heterocycles. The maximum atomic E-state index is 11.6. The molecule has 1 aliphatic rings. The summed E-state index contributed by atoms with van der Waals surface area (Å²) >= 11 is 7.31. The normalized spacial score (nSPS) is 25.5. The van der Waals surface area contributed by atoms with Gasteiger partial charge in [-0.15, -0.1) is 0 Å². The van der Waals surface area contributed by atoms with E-state index in [0.717, 1.165) is 0 Å². The molecule has 0 aliphatic carbocycles. The Morgan fingerprint density at radius 1 is 1.37 bits per heavy atom. The number of benzene rings is 1. The lowest BCUT2D eigenvalue weighted by Crippen LogP contribution is -2.59. The van der Waals surface area contributed by atoms with Crippen LogP contribution in [0.5, 0.6) is 0 Å². The first-order valence-corrected chi connectivity index (χ1v) is 9.95. The molecule has 1 saturated heterocycles. The van der Waals surface area contributed by atoms with Gasteiger partial charge in [0.25, 0.3) is 0 Å². The zero-order valence-electron chi connectivity index (χ0n) is 16.4. The number of hydrogen-bond acceptors (Lipinski definition) is 9. The lowest BCUT2D eigenvalue weighted by atomic mass is 9.97. The van der Waals surface area contributed by atoms with E-state index in [0.29, 0.717) is 10.5 Å². The Labute approximate surface area is 182 Å². The molecule has 1 heterocycles. The van der Waals surface area contributed by atoms with Crippen LogP contribution in [0.2, 0.25) is 5.02 Å². The van der Waals surface area contributed by atoms with Gasteiger partial charge in [0.15, 0.2) is 0 Å². The summed E-state index contributed by atoms with van der Waals surface area (Å²) in [5.41, 5.74) is 8.64. The molecule has 30 heavy (non-hydrogen) atoms. The largest absolute Gasteiger partial charge is 0.463 e. The number of methoxy groups -OCH3 is 1. The molecule has 2 rings (SSSR count). The van der Waals surface area contributed by atoms with Gasteiger partial charge < -0.3 is 18.9 Å². The first kappa shape index (κ1) is 23.8. The highest BCUT2D eigenvalue weighted by atomic mass is 35.5. The Morgan fingerprint density at radius 2 is 2.10 bits per heavy atom. The predicted octanol–water partition coefficient (Wildman–Crippen LogP) is 3.22. The Morgan fingerprint density at radius 3 is 2.63 bits per heavy atom. The second-order valence-electron chi connectivity index (χ2n) is 6.19. The molecule has 0 spiro atoms. The minimum Gasteiger partial charge on any atom is -0.463 e. The summed E-state index contributed by atoms with van der Waals surface area (Å²) in [5.74, 6) is -1.16. The Bertz CT molecular complexity index is 888. The van der Waals surface area contributed by atoms with Crippen LogP contribution in [0.25, 0.3) is 10.4 Å². The third-order valence-corrected chi connectivity index (χ3v) is 5.59. The average molecular weight is 455 g/mol. The van der Waals surface area contributed by atoms with Crippen molar-refractivity contribution in [3.63, 3.8) is 0 Å². The SMILES string of the molecule is CO[C@@H]1[C@@H](N=[N+]=[N-])[C@@H](OC(C)=O)[C@@H](COC(C)=O)O[C@@H]1Sc1ccc(C#N)c(Cl)c1. The highest BCUT2D eigenvalue weighted by Gasteiger charge is 2.48. The zero-order valence-corrected chi connectivity index (χ0v) is 17.9. The highest BCUT2D eigenvalue weighted by Crippen LogP contribution is 2.38. The molecule has 10 nitrogen and oxygen atoms in total. The number of carbonyl (C=O) groups is 2. The van der Waals surface area contributed by atoms with Crippen molar-refractivity contribution in [1.29, 1.82) is 5.26 Å². The van der Waals surface area contributed by atoms with E-state index in [1.807, 2.05) is 6.07 Å². The van der Waals surface area contributed by atoms with Crippen molar-refractivity contribution in [2.45, 2.75) is 48.5 Å². The second kappa shape index (κ2) is 11.1. The van der Waals surface area contributed by atoms with E-state index in [1.165, 1.54) is 32.7 Å². The molecule has 0 aromatic heterocycles. The Kier molecular flexibility index (Phi) is 8.77. The molecule has 1 fully saturated rings. The number of nitrogens with zero attached hydrogens (tertiary/aromatic N) is 4. The molecule has 12 heteroatoms. The van der Waals surface area contributed by atoms with Gasteiger partial charge in [-0.05, 0) is 23.7 Å². The van der Waals surface area contributed by atoms with Crippen LogP contribution in [-0.2, 0) is 28.5 Å². The molecular weight excluding hydrogens is 436 g/mol. The minimum atomic E-state index is -1.02. The van der Waals surface area contributed by atoms with E-state index in [-0.39, 0.29) is 11.6 Å². The highest BCUT2D eigenvalue weighted by molar-refractivity contribution is 7.99. The maximum absolute atomic E-state index is 11.6. The van der Waals surface area contributed by atoms with Crippen molar-refractivity contribution in [2.75, 3.05) is 13.7 Å². The fourth-order valence-corrected chi connectivity index (χ4v) is 4.39. The summed E-state index contributed by atoms with van der Waals surface area (Å²) in [6, 6.07) is 5.89. The summed E-state index contributed by atoms with van der Waals surface area (Å²) in [6.45, 7) is 2.22. The third-order valence-electron chi connectivity index (χ3n) is 4.14. The van der Waals surface area contributed by atoms with Crippen molar-refractivity contribution in [3.8, 4) is 6.07 Å². The number of hydrogen-bond donors (Lipinski definition) is 0. The number of esters is 2. The van der Waals surface area contributed by atoms with Crippen LogP contribution in [0.1, 0.15) is 19.4 Å². The predicted molar refractivity (Wildman–Crippen MR) is 107 cm³/mol. The van der Waals surface area contributed by atoms with Gasteiger partial charge in [-0.2, -0.15) is 5.26 Å². The van der Waals surface area contributed by atoms with Gasteiger partial charge in [-0.1, -0.05) is 28.5 Å². The van der Waals surface area contributed by atoms with Crippen molar-refractivity contribution in [1.82, 2.24) is 0 Å². The topological polar surface area (TPSA) is 144 Å². The maximum Gasteiger partial charge on any atom is 0.303 e. The summed E-state index contributed by atoms with van der Waals surface area (Å²) in [5, 5.41) is 13.1. The van der Waals surface area contributed by atoms with Crippen molar-refractivity contribution >= 4 is 35.3 Å². The Hall–Kier alpha value is -2.48. The van der Waals surface area contributed by atoms with E-state index >= 15 is 0 Å². The smallest absolute Gasteiger partial charge is 0.303 e. The van der Waals surface area contributed by atoms with Gasteiger partial charge in [0, 0.05) is 30.8 Å². The van der Waals surface area contributed by atoms with Gasteiger partial charge in [-0.25, -0.2) is 0 Å². The number of carbonyl (C=O) groups excluding carboxylic acids is 2. The van der Waals surface area contributed by atoms with Crippen LogP contribution < -0.4 is 0 Å². The molecule has 0 unspecified atom stereocenters. The molecule has 5 atom stereocenters. The van der Waals surface area contributed by atoms with E-state index < -0.39 is 41.7 Å². The average Bonchev–Trinajstić information content (AvgIpc) is 2.68. The lowest BCUT2D eigenvalue weighted by molar-refractivity contribution is -0.196. The fourth-order valence-electron chi connectivity index (χ4n) is 2.90. The molecule has 0 amide bonds. The number of ether oxygens (including phenoxy) is 4. The van der Waals surface area contributed by atoms with Crippen molar-refractivity contribution in [2.24, 2.45) is 5.11 Å². The number of azide groups is 1. The van der Waals surface area contributed by atoms with Crippen LogP contribution in [0.15, 0.2) is 28.2 Å². The summed E-state index contributed by atoms with van der Waals surface area (Å²) in [7, 11) is 1.41. The van der Waals surface area contributed by atoms with Gasteiger partial charge in [0.2, 0.25) is 0 Å². The van der Waals surface area contributed by atoms with Gasteiger partial charge in [0.05, 0.1) is 10.6 Å². The minimum absolute atomic E-state index is 0.216. The van der Waals surface area contributed by atoms with Crippen molar-refractivity contribution in [3.05, 3.63) is 39.2 Å².